The van der Waals surface area contributed by atoms with Gasteiger partial charge < -0.3 is 8.83 Å². The van der Waals surface area contributed by atoms with E-state index in [0.29, 0.717) is 5.82 Å². The highest BCUT2D eigenvalue weighted by atomic mass is 16.3. The van der Waals surface area contributed by atoms with Gasteiger partial charge in [0.25, 0.3) is 0 Å². The van der Waals surface area contributed by atoms with Crippen LogP contribution >= 0.6 is 0 Å². The first-order valence-electron chi connectivity index (χ1n) is 23.1. The van der Waals surface area contributed by atoms with Gasteiger partial charge in [0.1, 0.15) is 28.3 Å². The van der Waals surface area contributed by atoms with Gasteiger partial charge >= 0.3 is 0 Å². The third kappa shape index (κ3) is 6.17. The Labute approximate surface area is 391 Å². The number of furan rings is 2. The number of hydrogen-bond donors (Lipinski definition) is 0. The molecule has 68 heavy (non-hydrogen) atoms. The predicted molar refractivity (Wildman–Crippen MR) is 280 cm³/mol. The lowest BCUT2D eigenvalue weighted by atomic mass is 9.94. The molecule has 1 aliphatic carbocycles. The van der Waals surface area contributed by atoms with E-state index < -0.39 is 0 Å². The summed E-state index contributed by atoms with van der Waals surface area (Å²) >= 11 is 0. The van der Waals surface area contributed by atoms with E-state index in [-0.39, 0.29) is 0 Å². The number of fused-ring (bicyclic) bond motifs is 10. The number of allylic oxidation sites excluding steroid dienone is 3. The fourth-order valence-corrected chi connectivity index (χ4v) is 10.4. The molecule has 0 N–H and O–H groups in total. The second-order valence-electron chi connectivity index (χ2n) is 17.6. The molecule has 9 aromatic carbocycles. The van der Waals surface area contributed by atoms with Crippen molar-refractivity contribution in [3.8, 4) is 61.8 Å². The predicted octanol–water partition coefficient (Wildman–Crippen LogP) is 16.8. The summed E-state index contributed by atoms with van der Waals surface area (Å²) in [6, 6.07) is 71.1. The van der Waals surface area contributed by atoms with Gasteiger partial charge in [-0.1, -0.05) is 176 Å². The minimum Gasteiger partial charge on any atom is -0.459 e. The first-order chi connectivity index (χ1) is 33.7. The van der Waals surface area contributed by atoms with E-state index in [0.717, 1.165) is 134 Å². The molecule has 1 aliphatic rings. The van der Waals surface area contributed by atoms with Crippen molar-refractivity contribution in [1.82, 2.24) is 14.5 Å². The second kappa shape index (κ2) is 15.3. The molecule has 318 valence electrons. The SMILES string of the molecule is C1=CCc2oc3c(-c4cccc(-c5cccc(-c6cccc7c8cc9ccccc9cc8n(-c8cc(-c9ccc%10c(c9)oc9ccccc9%10)nc(-c9ccccc9)n8)c67)c5)c4)cccc3c2C=C1. The van der Waals surface area contributed by atoms with Crippen LogP contribution in [0.15, 0.2) is 227 Å². The average molecular weight is 870 g/mol. The Bertz CT molecular complexity index is 4240. The normalized spacial score (nSPS) is 12.5. The summed E-state index contributed by atoms with van der Waals surface area (Å²) in [6.45, 7) is 0. The molecule has 4 heterocycles. The Hall–Kier alpha value is -9.06. The molecule has 14 rings (SSSR count). The fraction of sp³-hybridized carbons (Fsp3) is 0.0159. The van der Waals surface area contributed by atoms with Crippen LogP contribution in [0.2, 0.25) is 0 Å². The molecule has 0 bridgehead atoms. The van der Waals surface area contributed by atoms with Gasteiger partial charge in [0.2, 0.25) is 0 Å². The Balaban J connectivity index is 0.967. The van der Waals surface area contributed by atoms with Crippen molar-refractivity contribution < 1.29 is 8.83 Å². The minimum absolute atomic E-state index is 0.646. The highest BCUT2D eigenvalue weighted by Gasteiger charge is 2.22. The molecule has 0 unspecified atom stereocenters. The third-order valence-electron chi connectivity index (χ3n) is 13.6. The van der Waals surface area contributed by atoms with Crippen LogP contribution in [0.4, 0.5) is 0 Å². The number of aromatic nitrogens is 3. The maximum atomic E-state index is 6.59. The smallest absolute Gasteiger partial charge is 0.162 e. The van der Waals surface area contributed by atoms with Crippen LogP contribution in [0.5, 0.6) is 0 Å². The summed E-state index contributed by atoms with van der Waals surface area (Å²) in [6.07, 6.45) is 9.27. The molecule has 0 aliphatic heterocycles. The first-order valence-corrected chi connectivity index (χ1v) is 23.1. The van der Waals surface area contributed by atoms with Crippen molar-refractivity contribution in [3.05, 3.63) is 230 Å². The molecule has 0 saturated carbocycles. The molecule has 0 saturated heterocycles. The summed E-state index contributed by atoms with van der Waals surface area (Å²) in [4.78, 5) is 10.7. The molecule has 0 atom stereocenters. The number of para-hydroxylation sites is 3. The van der Waals surface area contributed by atoms with E-state index >= 15 is 0 Å². The maximum Gasteiger partial charge on any atom is 0.162 e. The molecule has 5 heteroatoms. The standard InChI is InChI=1S/C63H39N3O2/c1-3-15-39(16-4-1)63-64-55(46-31-32-51-49-24-9-10-30-57(49)67-59(51)37-46)38-60(65-63)66-56-36-43-18-8-7-17-42(43)35-54(56)52-27-13-25-47(61(52)66)44-21-11-19-40(33-44)41-20-12-22-45(34-41)48-26-14-28-53-50-23-5-2-6-29-58(50)68-62(48)53/h1-28,30-38H,29H2. The molecule has 4 aromatic heterocycles. The topological polar surface area (TPSA) is 57.0 Å². The minimum atomic E-state index is 0.646. The largest absolute Gasteiger partial charge is 0.459 e. The molecule has 0 radical (unpaired) electrons. The molecule has 13 aromatic rings. The molecule has 0 spiro atoms. The van der Waals surface area contributed by atoms with Gasteiger partial charge in [-0.2, -0.15) is 0 Å². The molecule has 0 fully saturated rings. The van der Waals surface area contributed by atoms with Crippen LogP contribution in [-0.2, 0) is 6.42 Å². The van der Waals surface area contributed by atoms with Gasteiger partial charge in [-0.15, -0.1) is 0 Å². The third-order valence-corrected chi connectivity index (χ3v) is 13.6. The lowest BCUT2D eigenvalue weighted by Gasteiger charge is -2.15. The Morgan fingerprint density at radius 2 is 1.10 bits per heavy atom. The van der Waals surface area contributed by atoms with Gasteiger partial charge in [0.15, 0.2) is 5.82 Å². The highest BCUT2D eigenvalue weighted by molar-refractivity contribution is 6.17. The summed E-state index contributed by atoms with van der Waals surface area (Å²) in [5.41, 5.74) is 15.3. The fourth-order valence-electron chi connectivity index (χ4n) is 10.4. The van der Waals surface area contributed by atoms with Gasteiger partial charge in [0, 0.05) is 67.2 Å². The van der Waals surface area contributed by atoms with Crippen LogP contribution in [0.3, 0.4) is 0 Å². The second-order valence-corrected chi connectivity index (χ2v) is 17.6. The zero-order chi connectivity index (χ0) is 44.7. The highest BCUT2D eigenvalue weighted by Crippen LogP contribution is 2.43. The monoisotopic (exact) mass is 869 g/mol. The Morgan fingerprint density at radius 1 is 0.426 bits per heavy atom. The van der Waals surface area contributed by atoms with Crippen LogP contribution < -0.4 is 0 Å². The van der Waals surface area contributed by atoms with Crippen LogP contribution in [-0.4, -0.2) is 14.5 Å². The zero-order valence-electron chi connectivity index (χ0n) is 36.7. The average Bonchev–Trinajstić information content (AvgIpc) is 4.00. The van der Waals surface area contributed by atoms with Crippen molar-refractivity contribution in [1.29, 1.82) is 0 Å². The summed E-state index contributed by atoms with van der Waals surface area (Å²) in [7, 11) is 0. The van der Waals surface area contributed by atoms with E-state index in [1.807, 2.05) is 30.3 Å². The van der Waals surface area contributed by atoms with Crippen LogP contribution in [0.25, 0.3) is 133 Å². The summed E-state index contributed by atoms with van der Waals surface area (Å²) in [5.74, 6) is 2.42. The number of rotatable bonds is 6. The van der Waals surface area contributed by atoms with Crippen LogP contribution in [0, 0.1) is 0 Å². The zero-order valence-corrected chi connectivity index (χ0v) is 36.7. The lowest BCUT2D eigenvalue weighted by Crippen LogP contribution is -2.03. The molecular formula is C63H39N3O2. The van der Waals surface area contributed by atoms with Crippen molar-refractivity contribution in [3.63, 3.8) is 0 Å². The van der Waals surface area contributed by atoms with Crippen molar-refractivity contribution in [2.45, 2.75) is 6.42 Å². The van der Waals surface area contributed by atoms with E-state index in [2.05, 4.69) is 199 Å². The molecular weight excluding hydrogens is 831 g/mol. The summed E-state index contributed by atoms with van der Waals surface area (Å²) in [5, 5.41) is 7.97. The van der Waals surface area contributed by atoms with E-state index in [1.165, 1.54) is 5.39 Å². The van der Waals surface area contributed by atoms with Crippen molar-refractivity contribution in [2.24, 2.45) is 0 Å². The Morgan fingerprint density at radius 3 is 1.96 bits per heavy atom. The van der Waals surface area contributed by atoms with Crippen LogP contribution in [0.1, 0.15) is 11.3 Å². The van der Waals surface area contributed by atoms with Gasteiger partial charge in [-0.3, -0.25) is 4.57 Å². The van der Waals surface area contributed by atoms with E-state index in [9.17, 15) is 0 Å². The molecule has 5 nitrogen and oxygen atoms in total. The van der Waals surface area contributed by atoms with E-state index in [1.54, 1.807) is 0 Å². The number of benzene rings is 9. The van der Waals surface area contributed by atoms with Crippen molar-refractivity contribution in [2.75, 3.05) is 0 Å². The van der Waals surface area contributed by atoms with Gasteiger partial charge in [-0.05, 0) is 75.5 Å². The van der Waals surface area contributed by atoms with Crippen molar-refractivity contribution >= 4 is 71.6 Å². The maximum absolute atomic E-state index is 6.59. The van der Waals surface area contributed by atoms with Gasteiger partial charge in [0.05, 0.1) is 16.7 Å². The number of nitrogens with zero attached hydrogens (tertiary/aromatic N) is 3. The van der Waals surface area contributed by atoms with E-state index in [4.69, 9.17) is 18.8 Å². The van der Waals surface area contributed by atoms with Gasteiger partial charge in [-0.25, -0.2) is 9.97 Å². The first kappa shape index (κ1) is 38.2. The molecule has 0 amide bonds. The Kier molecular flexibility index (Phi) is 8.58. The summed E-state index contributed by atoms with van der Waals surface area (Å²) < 4.78 is 15.3. The number of hydrogen-bond acceptors (Lipinski definition) is 4. The lowest BCUT2D eigenvalue weighted by molar-refractivity contribution is 0.565. The quantitative estimate of drug-likeness (QED) is 0.167.